The van der Waals surface area contributed by atoms with E-state index >= 15 is 0 Å². The van der Waals surface area contributed by atoms with Crippen LogP contribution in [-0.2, 0) is 13.0 Å². The van der Waals surface area contributed by atoms with Crippen molar-refractivity contribution in [2.45, 2.75) is 38.4 Å². The molecule has 0 aliphatic carbocycles. The average molecular weight is 309 g/mol. The summed E-state index contributed by atoms with van der Waals surface area (Å²) in [6, 6.07) is 19.2. The normalized spacial score (nSPS) is 24.7. The van der Waals surface area contributed by atoms with Gasteiger partial charge < -0.3 is 16.4 Å². The van der Waals surface area contributed by atoms with E-state index in [1.165, 1.54) is 23.2 Å². The third-order valence-corrected chi connectivity index (χ3v) is 4.93. The van der Waals surface area contributed by atoms with Crippen LogP contribution in [0.4, 0.5) is 5.69 Å². The molecule has 1 saturated heterocycles. The molecule has 0 aromatic heterocycles. The van der Waals surface area contributed by atoms with Gasteiger partial charge in [0.25, 0.3) is 0 Å². The van der Waals surface area contributed by atoms with Crippen molar-refractivity contribution in [2.24, 2.45) is 17.4 Å². The predicted molar refractivity (Wildman–Crippen MR) is 97.1 cm³/mol. The molecule has 1 heterocycles. The molecule has 3 nitrogen and oxygen atoms in total. The van der Waals surface area contributed by atoms with Gasteiger partial charge in [0.1, 0.15) is 0 Å². The second-order valence-corrected chi connectivity index (χ2v) is 6.93. The van der Waals surface area contributed by atoms with Gasteiger partial charge in [-0.1, -0.05) is 42.5 Å². The van der Waals surface area contributed by atoms with Crippen molar-refractivity contribution in [3.8, 4) is 0 Å². The first-order chi connectivity index (χ1) is 11.1. The van der Waals surface area contributed by atoms with Crippen LogP contribution in [-0.4, -0.2) is 12.2 Å². The number of nitrogens with two attached hydrogens (primary N) is 2. The summed E-state index contributed by atoms with van der Waals surface area (Å²) in [5.41, 5.74) is 15.8. The summed E-state index contributed by atoms with van der Waals surface area (Å²) < 4.78 is 0. The largest absolute Gasteiger partial charge is 0.354 e. The molecule has 1 aliphatic rings. The van der Waals surface area contributed by atoms with Crippen LogP contribution in [0.25, 0.3) is 0 Å². The summed E-state index contributed by atoms with van der Waals surface area (Å²) >= 11 is 0. The molecular formula is C20H27N3. The summed E-state index contributed by atoms with van der Waals surface area (Å²) in [6.07, 6.45) is 3.29. The van der Waals surface area contributed by atoms with E-state index in [0.29, 0.717) is 12.5 Å². The Bertz CT molecular complexity index is 619. The molecule has 2 unspecified atom stereocenters. The Morgan fingerprint density at radius 3 is 2.30 bits per heavy atom. The smallest absolute Gasteiger partial charge is 0.0857 e. The number of para-hydroxylation sites is 1. The zero-order chi connectivity index (χ0) is 16.3. The second kappa shape index (κ2) is 6.73. The molecule has 4 N–H and O–H groups in total. The van der Waals surface area contributed by atoms with Crippen molar-refractivity contribution in [1.82, 2.24) is 0 Å². The molecule has 23 heavy (non-hydrogen) atoms. The highest BCUT2D eigenvalue weighted by atomic mass is 15.3. The van der Waals surface area contributed by atoms with E-state index in [1.807, 2.05) is 0 Å². The topological polar surface area (TPSA) is 55.3 Å². The standard InChI is InChI=1S/C20H27N3/c1-20(22)14-18(13-16-7-9-17(15-21)10-8-16)11-12-23(20)19-5-3-2-4-6-19/h2-10,18H,11-15,21-22H2,1H3. The van der Waals surface area contributed by atoms with Gasteiger partial charge in [0.2, 0.25) is 0 Å². The SMILES string of the molecule is CC1(N)CC(Cc2ccc(CN)cc2)CCN1c1ccccc1. The van der Waals surface area contributed by atoms with E-state index in [-0.39, 0.29) is 5.66 Å². The first-order valence-electron chi connectivity index (χ1n) is 8.48. The Morgan fingerprint density at radius 2 is 1.70 bits per heavy atom. The van der Waals surface area contributed by atoms with Gasteiger partial charge in [-0.3, -0.25) is 0 Å². The van der Waals surface area contributed by atoms with Gasteiger partial charge in [-0.25, -0.2) is 0 Å². The third-order valence-electron chi connectivity index (χ3n) is 4.93. The van der Waals surface area contributed by atoms with Crippen LogP contribution >= 0.6 is 0 Å². The zero-order valence-electron chi connectivity index (χ0n) is 13.9. The van der Waals surface area contributed by atoms with E-state index in [1.54, 1.807) is 0 Å². The van der Waals surface area contributed by atoms with Crippen LogP contribution in [0.15, 0.2) is 54.6 Å². The number of hydrogen-bond acceptors (Lipinski definition) is 3. The van der Waals surface area contributed by atoms with Crippen molar-refractivity contribution in [3.63, 3.8) is 0 Å². The van der Waals surface area contributed by atoms with Crippen molar-refractivity contribution in [1.29, 1.82) is 0 Å². The second-order valence-electron chi connectivity index (χ2n) is 6.93. The van der Waals surface area contributed by atoms with E-state index < -0.39 is 0 Å². The maximum atomic E-state index is 6.65. The van der Waals surface area contributed by atoms with Gasteiger partial charge in [-0.15, -0.1) is 0 Å². The molecule has 0 radical (unpaired) electrons. The molecule has 0 saturated carbocycles. The maximum absolute atomic E-state index is 6.65. The van der Waals surface area contributed by atoms with Gasteiger partial charge in [0, 0.05) is 18.8 Å². The highest BCUT2D eigenvalue weighted by molar-refractivity contribution is 5.49. The van der Waals surface area contributed by atoms with Gasteiger partial charge >= 0.3 is 0 Å². The van der Waals surface area contributed by atoms with E-state index in [4.69, 9.17) is 11.5 Å². The van der Waals surface area contributed by atoms with Crippen LogP contribution in [0.2, 0.25) is 0 Å². The Kier molecular flexibility index (Phi) is 4.69. The highest BCUT2D eigenvalue weighted by Gasteiger charge is 2.35. The van der Waals surface area contributed by atoms with E-state index in [0.717, 1.165) is 19.4 Å². The fraction of sp³-hybridized carbons (Fsp3) is 0.400. The fourth-order valence-electron chi connectivity index (χ4n) is 3.71. The minimum Gasteiger partial charge on any atom is -0.354 e. The highest BCUT2D eigenvalue weighted by Crippen LogP contribution is 2.33. The summed E-state index contributed by atoms with van der Waals surface area (Å²) in [6.45, 7) is 3.78. The fourth-order valence-corrected chi connectivity index (χ4v) is 3.71. The monoisotopic (exact) mass is 309 g/mol. The summed E-state index contributed by atoms with van der Waals surface area (Å²) in [5.74, 6) is 0.633. The van der Waals surface area contributed by atoms with Crippen LogP contribution < -0.4 is 16.4 Å². The molecule has 122 valence electrons. The van der Waals surface area contributed by atoms with Gasteiger partial charge in [0.15, 0.2) is 0 Å². The Morgan fingerprint density at radius 1 is 1.04 bits per heavy atom. The number of benzene rings is 2. The minimum absolute atomic E-state index is 0.290. The summed E-state index contributed by atoms with van der Waals surface area (Å²) in [5, 5.41) is 0. The molecule has 3 heteroatoms. The van der Waals surface area contributed by atoms with Gasteiger partial charge in [0.05, 0.1) is 5.66 Å². The molecule has 1 aliphatic heterocycles. The zero-order valence-corrected chi connectivity index (χ0v) is 13.9. The molecule has 1 fully saturated rings. The maximum Gasteiger partial charge on any atom is 0.0857 e. The number of rotatable bonds is 4. The summed E-state index contributed by atoms with van der Waals surface area (Å²) in [4.78, 5) is 2.35. The van der Waals surface area contributed by atoms with Crippen molar-refractivity contribution >= 4 is 5.69 Å². The molecule has 2 aromatic rings. The first kappa shape index (κ1) is 16.0. The number of hydrogen-bond donors (Lipinski definition) is 2. The molecule has 3 rings (SSSR count). The lowest BCUT2D eigenvalue weighted by atomic mass is 9.83. The molecule has 0 bridgehead atoms. The lowest BCUT2D eigenvalue weighted by molar-refractivity contribution is 0.260. The number of piperidine rings is 1. The van der Waals surface area contributed by atoms with Crippen LogP contribution in [0, 0.1) is 5.92 Å². The lowest BCUT2D eigenvalue weighted by Crippen LogP contribution is -2.58. The van der Waals surface area contributed by atoms with E-state index in [9.17, 15) is 0 Å². The lowest BCUT2D eigenvalue weighted by Gasteiger charge is -2.47. The Hall–Kier alpha value is -1.84. The van der Waals surface area contributed by atoms with Gasteiger partial charge in [-0.05, 0) is 55.4 Å². The van der Waals surface area contributed by atoms with Crippen molar-refractivity contribution < 1.29 is 0 Å². The molecular weight excluding hydrogens is 282 g/mol. The van der Waals surface area contributed by atoms with Crippen LogP contribution in [0.1, 0.15) is 30.9 Å². The Balaban J connectivity index is 1.67. The molecule has 2 aromatic carbocycles. The third kappa shape index (κ3) is 3.74. The number of anilines is 1. The van der Waals surface area contributed by atoms with Crippen molar-refractivity contribution in [2.75, 3.05) is 11.4 Å². The summed E-state index contributed by atoms with van der Waals surface area (Å²) in [7, 11) is 0. The molecule has 0 spiro atoms. The molecule has 2 atom stereocenters. The predicted octanol–water partition coefficient (Wildman–Crippen LogP) is 3.28. The van der Waals surface area contributed by atoms with E-state index in [2.05, 4.69) is 66.4 Å². The van der Waals surface area contributed by atoms with Crippen LogP contribution in [0.3, 0.4) is 0 Å². The van der Waals surface area contributed by atoms with Crippen LogP contribution in [0.5, 0.6) is 0 Å². The first-order valence-corrected chi connectivity index (χ1v) is 8.48. The molecule has 0 amide bonds. The van der Waals surface area contributed by atoms with Crippen molar-refractivity contribution in [3.05, 3.63) is 65.7 Å². The Labute approximate surface area is 139 Å². The van der Waals surface area contributed by atoms with Gasteiger partial charge in [-0.2, -0.15) is 0 Å². The quantitative estimate of drug-likeness (QED) is 0.911. The number of nitrogens with zero attached hydrogens (tertiary/aromatic N) is 1. The minimum atomic E-state index is -0.290. The average Bonchev–Trinajstić information content (AvgIpc) is 2.55.